The highest BCUT2D eigenvalue weighted by molar-refractivity contribution is 6.05. The number of pyridine rings is 1. The fraction of sp³-hybridized carbons (Fsp3) is 0.240. The standard InChI is InChI=1S/C25H24N4O7/c1-28-23(14-6-5-9-26-13-14)22(16-11-20(35-3)21(36-4)12-17(16)25(28)31)24(30)27-18-10-15(29(32)33)7-8-19(18)34-2/h5-13,22-23H,1-4H3,(H,27,30)/t22-,23+/m1/s1. The van der Waals surface area contributed by atoms with Crippen molar-refractivity contribution in [1.29, 1.82) is 0 Å². The third-order valence-electron chi connectivity index (χ3n) is 6.13. The summed E-state index contributed by atoms with van der Waals surface area (Å²) < 4.78 is 16.1. The van der Waals surface area contributed by atoms with Gasteiger partial charge in [-0.1, -0.05) is 6.07 Å². The highest BCUT2D eigenvalue weighted by Crippen LogP contribution is 2.46. The summed E-state index contributed by atoms with van der Waals surface area (Å²) in [5.41, 5.74) is 1.26. The van der Waals surface area contributed by atoms with Crippen molar-refractivity contribution in [3.63, 3.8) is 0 Å². The average molecular weight is 492 g/mol. The molecule has 11 heteroatoms. The van der Waals surface area contributed by atoms with Gasteiger partial charge in [0.15, 0.2) is 11.5 Å². The van der Waals surface area contributed by atoms with E-state index >= 15 is 0 Å². The third-order valence-corrected chi connectivity index (χ3v) is 6.13. The number of anilines is 1. The van der Waals surface area contributed by atoms with E-state index in [9.17, 15) is 19.7 Å². The van der Waals surface area contributed by atoms with E-state index < -0.39 is 22.8 Å². The van der Waals surface area contributed by atoms with Gasteiger partial charge in [0.25, 0.3) is 11.6 Å². The smallest absolute Gasteiger partial charge is 0.271 e. The number of nitro groups is 1. The van der Waals surface area contributed by atoms with Crippen LogP contribution in [-0.2, 0) is 4.79 Å². The van der Waals surface area contributed by atoms with Crippen LogP contribution in [0.15, 0.2) is 54.9 Å². The molecule has 1 aliphatic rings. The van der Waals surface area contributed by atoms with Crippen molar-refractivity contribution in [1.82, 2.24) is 9.88 Å². The van der Waals surface area contributed by atoms with E-state index in [1.807, 2.05) is 0 Å². The third kappa shape index (κ3) is 4.26. The minimum absolute atomic E-state index is 0.128. The molecule has 0 aliphatic carbocycles. The van der Waals surface area contributed by atoms with Crippen LogP contribution < -0.4 is 19.5 Å². The molecule has 0 unspecified atom stereocenters. The fourth-order valence-electron chi connectivity index (χ4n) is 4.42. The second-order valence-electron chi connectivity index (χ2n) is 8.05. The molecular weight excluding hydrogens is 468 g/mol. The highest BCUT2D eigenvalue weighted by Gasteiger charge is 2.44. The number of carbonyl (C=O) groups excluding carboxylic acids is 2. The van der Waals surface area contributed by atoms with Crippen LogP contribution >= 0.6 is 0 Å². The number of nitro benzene ring substituents is 1. The minimum atomic E-state index is -0.921. The van der Waals surface area contributed by atoms with Gasteiger partial charge in [0.2, 0.25) is 5.91 Å². The number of non-ortho nitro benzene ring substituents is 1. The number of methoxy groups -OCH3 is 3. The zero-order valence-corrected chi connectivity index (χ0v) is 20.1. The first kappa shape index (κ1) is 24.5. The molecule has 2 atom stereocenters. The van der Waals surface area contributed by atoms with Crippen LogP contribution in [0.1, 0.15) is 33.4 Å². The summed E-state index contributed by atoms with van der Waals surface area (Å²) in [7, 11) is 5.92. The van der Waals surface area contributed by atoms with Crippen LogP contribution in [0.25, 0.3) is 0 Å². The Morgan fingerprint density at radius 3 is 2.36 bits per heavy atom. The van der Waals surface area contributed by atoms with Crippen LogP contribution in [0.4, 0.5) is 11.4 Å². The van der Waals surface area contributed by atoms with Gasteiger partial charge in [-0.2, -0.15) is 0 Å². The quantitative estimate of drug-likeness (QED) is 0.391. The van der Waals surface area contributed by atoms with Crippen molar-refractivity contribution in [2.24, 2.45) is 0 Å². The van der Waals surface area contributed by atoms with Gasteiger partial charge >= 0.3 is 0 Å². The number of hydrogen-bond donors (Lipinski definition) is 1. The molecule has 1 aromatic heterocycles. The molecule has 2 aromatic carbocycles. The fourth-order valence-corrected chi connectivity index (χ4v) is 4.42. The van der Waals surface area contributed by atoms with E-state index in [0.717, 1.165) is 0 Å². The lowest BCUT2D eigenvalue weighted by Gasteiger charge is -2.40. The van der Waals surface area contributed by atoms with Crippen molar-refractivity contribution in [2.45, 2.75) is 12.0 Å². The second kappa shape index (κ2) is 9.90. The van der Waals surface area contributed by atoms with Crippen molar-refractivity contribution >= 4 is 23.2 Å². The predicted molar refractivity (Wildman–Crippen MR) is 130 cm³/mol. The summed E-state index contributed by atoms with van der Waals surface area (Å²) in [6.07, 6.45) is 3.19. The van der Waals surface area contributed by atoms with Gasteiger partial charge in [-0.3, -0.25) is 24.7 Å². The maximum atomic E-state index is 13.9. The molecule has 2 amide bonds. The van der Waals surface area contributed by atoms with Crippen molar-refractivity contribution < 1.29 is 28.7 Å². The molecule has 0 saturated carbocycles. The molecule has 0 radical (unpaired) electrons. The van der Waals surface area contributed by atoms with Crippen LogP contribution in [0.2, 0.25) is 0 Å². The zero-order valence-electron chi connectivity index (χ0n) is 20.1. The number of aromatic nitrogens is 1. The van der Waals surface area contributed by atoms with E-state index in [-0.39, 0.29) is 28.6 Å². The minimum Gasteiger partial charge on any atom is -0.495 e. The Bertz CT molecular complexity index is 1330. The molecule has 11 nitrogen and oxygen atoms in total. The number of carbonyl (C=O) groups is 2. The topological polar surface area (TPSA) is 133 Å². The van der Waals surface area contributed by atoms with Gasteiger partial charge in [0.05, 0.1) is 43.9 Å². The maximum absolute atomic E-state index is 13.9. The first-order chi connectivity index (χ1) is 17.3. The van der Waals surface area contributed by atoms with E-state index in [4.69, 9.17) is 14.2 Å². The lowest BCUT2D eigenvalue weighted by molar-refractivity contribution is -0.384. The average Bonchev–Trinajstić information content (AvgIpc) is 2.90. The summed E-state index contributed by atoms with van der Waals surface area (Å²) in [5.74, 6) is -0.788. The van der Waals surface area contributed by atoms with E-state index in [0.29, 0.717) is 22.6 Å². The number of rotatable bonds is 7. The van der Waals surface area contributed by atoms with Crippen molar-refractivity contribution in [3.8, 4) is 17.2 Å². The van der Waals surface area contributed by atoms with E-state index in [1.54, 1.807) is 43.7 Å². The molecule has 1 aliphatic heterocycles. The Kier molecular flexibility index (Phi) is 6.73. The molecule has 0 saturated heterocycles. The zero-order chi connectivity index (χ0) is 26.0. The summed E-state index contributed by atoms with van der Waals surface area (Å²) >= 11 is 0. The summed E-state index contributed by atoms with van der Waals surface area (Å²) in [5, 5.41) is 14.1. The van der Waals surface area contributed by atoms with Crippen molar-refractivity contribution in [2.75, 3.05) is 33.7 Å². The number of amides is 2. The maximum Gasteiger partial charge on any atom is 0.271 e. The number of nitrogens with zero attached hydrogens (tertiary/aromatic N) is 3. The molecule has 0 bridgehead atoms. The molecule has 0 fully saturated rings. The van der Waals surface area contributed by atoms with Gasteiger partial charge in [0.1, 0.15) is 5.75 Å². The van der Waals surface area contributed by atoms with Crippen LogP contribution in [0.3, 0.4) is 0 Å². The van der Waals surface area contributed by atoms with Gasteiger partial charge < -0.3 is 24.4 Å². The summed E-state index contributed by atoms with van der Waals surface area (Å²) in [6, 6.07) is 9.84. The van der Waals surface area contributed by atoms with E-state index in [2.05, 4.69) is 10.3 Å². The predicted octanol–water partition coefficient (Wildman–Crippen LogP) is 3.56. The normalized spacial score (nSPS) is 16.7. The molecule has 0 spiro atoms. The van der Waals surface area contributed by atoms with Crippen LogP contribution in [-0.4, -0.2) is 55.0 Å². The van der Waals surface area contributed by atoms with Gasteiger partial charge in [0, 0.05) is 37.1 Å². The first-order valence-corrected chi connectivity index (χ1v) is 10.9. The van der Waals surface area contributed by atoms with Crippen LogP contribution in [0, 0.1) is 10.1 Å². The Hall–Kier alpha value is -4.67. The Morgan fingerprint density at radius 1 is 1.06 bits per heavy atom. The number of ether oxygens (including phenoxy) is 3. The lowest BCUT2D eigenvalue weighted by Crippen LogP contribution is -2.44. The monoisotopic (exact) mass is 492 g/mol. The Balaban J connectivity index is 1.88. The van der Waals surface area contributed by atoms with Gasteiger partial charge in [-0.05, 0) is 35.4 Å². The van der Waals surface area contributed by atoms with Gasteiger partial charge in [-0.25, -0.2) is 0 Å². The highest BCUT2D eigenvalue weighted by atomic mass is 16.6. The largest absolute Gasteiger partial charge is 0.495 e. The molecule has 2 heterocycles. The number of nitrogens with one attached hydrogen (secondary N) is 1. The lowest BCUT2D eigenvalue weighted by atomic mass is 9.79. The molecular formula is C25H24N4O7. The Morgan fingerprint density at radius 2 is 1.75 bits per heavy atom. The molecule has 36 heavy (non-hydrogen) atoms. The van der Waals surface area contributed by atoms with Crippen molar-refractivity contribution in [3.05, 3.63) is 81.7 Å². The SMILES string of the molecule is COc1ccc([N+](=O)[O-])cc1NC(=O)[C@@H]1c2cc(OC)c(OC)cc2C(=O)N(C)[C@H]1c1cccnc1. The first-order valence-electron chi connectivity index (χ1n) is 10.9. The summed E-state index contributed by atoms with van der Waals surface area (Å²) in [6.45, 7) is 0. The molecule has 4 rings (SSSR count). The number of fused-ring (bicyclic) bond motifs is 1. The molecule has 186 valence electrons. The van der Waals surface area contributed by atoms with Crippen LogP contribution in [0.5, 0.6) is 17.2 Å². The van der Waals surface area contributed by atoms with Gasteiger partial charge in [-0.15, -0.1) is 0 Å². The second-order valence-corrected chi connectivity index (χ2v) is 8.05. The molecule has 1 N–H and O–H groups in total. The van der Waals surface area contributed by atoms with E-state index in [1.165, 1.54) is 44.4 Å². The number of likely N-dealkylation sites (N-methyl/N-ethyl adjacent to an activating group) is 1. The number of hydrogen-bond acceptors (Lipinski definition) is 8. The Labute approximate surface area is 206 Å². The summed E-state index contributed by atoms with van der Waals surface area (Å²) in [4.78, 5) is 43.7. The molecule has 3 aromatic rings. The number of benzene rings is 2.